The zero-order chi connectivity index (χ0) is 17.3. The van der Waals surface area contributed by atoms with E-state index < -0.39 is 4.92 Å². The van der Waals surface area contributed by atoms with Gasteiger partial charge in [0.05, 0.1) is 17.6 Å². The van der Waals surface area contributed by atoms with E-state index in [1.54, 1.807) is 12.0 Å². The van der Waals surface area contributed by atoms with Gasteiger partial charge in [-0.25, -0.2) is 0 Å². The molecule has 0 saturated heterocycles. The molecule has 1 amide bonds. The Morgan fingerprint density at radius 2 is 1.96 bits per heavy atom. The van der Waals surface area contributed by atoms with Crippen LogP contribution in [0.1, 0.15) is 31.8 Å². The van der Waals surface area contributed by atoms with Crippen molar-refractivity contribution >= 4 is 17.9 Å². The van der Waals surface area contributed by atoms with Gasteiger partial charge in [-0.15, -0.1) is 0 Å². The van der Waals surface area contributed by atoms with Crippen molar-refractivity contribution in [1.82, 2.24) is 4.90 Å². The van der Waals surface area contributed by atoms with Crippen LogP contribution in [0.25, 0.3) is 0 Å². The number of hydrogen-bond donors (Lipinski definition) is 0. The molecule has 7 heteroatoms. The Morgan fingerprint density at radius 1 is 1.21 bits per heavy atom. The number of aldehydes is 1. The molecule has 0 fully saturated rings. The number of fused-ring (bicyclic) bond motifs is 1. The molecular weight excluding hydrogens is 312 g/mol. The van der Waals surface area contributed by atoms with Gasteiger partial charge >= 0.3 is 0 Å². The van der Waals surface area contributed by atoms with Gasteiger partial charge in [0.15, 0.2) is 6.29 Å². The normalized spacial score (nSPS) is 12.6. The van der Waals surface area contributed by atoms with Gasteiger partial charge in [0, 0.05) is 24.7 Å². The van der Waals surface area contributed by atoms with E-state index in [1.807, 2.05) is 18.2 Å². The van der Waals surface area contributed by atoms with Gasteiger partial charge in [0.1, 0.15) is 5.75 Å². The first-order valence-corrected chi connectivity index (χ1v) is 7.22. The fraction of sp³-hybridized carbons (Fsp3) is 0.176. The molecule has 24 heavy (non-hydrogen) atoms. The monoisotopic (exact) mass is 326 g/mol. The molecule has 0 spiro atoms. The number of nitro benzene ring substituents is 1. The minimum Gasteiger partial charge on any atom is -0.497 e. The smallest absolute Gasteiger partial charge is 0.280 e. The summed E-state index contributed by atoms with van der Waals surface area (Å²) in [4.78, 5) is 35.5. The van der Waals surface area contributed by atoms with E-state index >= 15 is 0 Å². The van der Waals surface area contributed by atoms with Crippen LogP contribution in [0.5, 0.6) is 5.75 Å². The lowest BCUT2D eigenvalue weighted by Crippen LogP contribution is -2.25. The van der Waals surface area contributed by atoms with Crippen molar-refractivity contribution in [2.45, 2.75) is 13.1 Å². The molecule has 122 valence electrons. The van der Waals surface area contributed by atoms with Crippen LogP contribution < -0.4 is 4.74 Å². The summed E-state index contributed by atoms with van der Waals surface area (Å²) in [6, 6.07) is 9.49. The number of benzene rings is 2. The molecule has 1 aliphatic rings. The molecular formula is C17H14N2O5. The summed E-state index contributed by atoms with van der Waals surface area (Å²) in [6.07, 6.45) is 0.407. The highest BCUT2D eigenvalue weighted by molar-refractivity contribution is 5.96. The van der Waals surface area contributed by atoms with E-state index in [2.05, 4.69) is 0 Å². The number of hydrogen-bond acceptors (Lipinski definition) is 5. The molecule has 0 aromatic heterocycles. The molecule has 2 aromatic carbocycles. The standard InChI is InChI=1S/C17H14N2O5/c1-24-15-5-4-12-8-18(9-14(12)6-15)17(21)11-2-3-13(10-20)16(7-11)19(22)23/h2-7,10H,8-9H2,1H3. The predicted octanol–water partition coefficient (Wildman–Crippen LogP) is 2.57. The second kappa shape index (κ2) is 6.11. The number of nitrogens with zero attached hydrogens (tertiary/aromatic N) is 2. The van der Waals surface area contributed by atoms with E-state index in [0.29, 0.717) is 25.1 Å². The van der Waals surface area contributed by atoms with Gasteiger partial charge in [-0.2, -0.15) is 0 Å². The second-order valence-electron chi connectivity index (χ2n) is 5.44. The molecule has 0 N–H and O–H groups in total. The Labute approximate surface area is 137 Å². The first-order chi connectivity index (χ1) is 11.5. The topological polar surface area (TPSA) is 89.8 Å². The van der Waals surface area contributed by atoms with Crippen molar-refractivity contribution < 1.29 is 19.2 Å². The van der Waals surface area contributed by atoms with Crippen LogP contribution in [0.3, 0.4) is 0 Å². The van der Waals surface area contributed by atoms with Crippen LogP contribution in [0.15, 0.2) is 36.4 Å². The summed E-state index contributed by atoms with van der Waals surface area (Å²) in [5.41, 5.74) is 1.78. The Morgan fingerprint density at radius 3 is 2.62 bits per heavy atom. The quantitative estimate of drug-likeness (QED) is 0.489. The Balaban J connectivity index is 1.87. The number of carbonyl (C=O) groups excluding carboxylic acids is 2. The third kappa shape index (κ3) is 2.71. The Kier molecular flexibility index (Phi) is 3.99. The first-order valence-electron chi connectivity index (χ1n) is 7.22. The van der Waals surface area contributed by atoms with Crippen molar-refractivity contribution in [1.29, 1.82) is 0 Å². The van der Waals surface area contributed by atoms with Crippen molar-refractivity contribution in [3.8, 4) is 5.75 Å². The molecule has 0 atom stereocenters. The van der Waals surface area contributed by atoms with Crippen LogP contribution in [-0.2, 0) is 13.1 Å². The Bertz CT molecular complexity index is 847. The van der Waals surface area contributed by atoms with Crippen molar-refractivity contribution in [2.75, 3.05) is 7.11 Å². The van der Waals surface area contributed by atoms with Gasteiger partial charge in [0.25, 0.3) is 11.6 Å². The largest absolute Gasteiger partial charge is 0.497 e. The van der Waals surface area contributed by atoms with Crippen LogP contribution in [0.4, 0.5) is 5.69 Å². The first kappa shape index (κ1) is 15.7. The van der Waals surface area contributed by atoms with Crippen molar-refractivity contribution in [3.05, 3.63) is 68.8 Å². The number of nitro groups is 1. The third-order valence-electron chi connectivity index (χ3n) is 4.02. The lowest BCUT2D eigenvalue weighted by atomic mass is 10.1. The number of rotatable bonds is 4. The van der Waals surface area contributed by atoms with Gasteiger partial charge in [-0.3, -0.25) is 19.7 Å². The average Bonchev–Trinajstić information content (AvgIpc) is 3.03. The highest BCUT2D eigenvalue weighted by Gasteiger charge is 2.26. The molecule has 0 saturated carbocycles. The number of methoxy groups -OCH3 is 1. The molecule has 0 bridgehead atoms. The maximum atomic E-state index is 12.6. The van der Waals surface area contributed by atoms with Crippen LogP contribution in [0.2, 0.25) is 0 Å². The minimum atomic E-state index is -0.663. The molecule has 2 aromatic rings. The summed E-state index contributed by atoms with van der Waals surface area (Å²) >= 11 is 0. The fourth-order valence-electron chi connectivity index (χ4n) is 2.76. The molecule has 0 aliphatic carbocycles. The van der Waals surface area contributed by atoms with Gasteiger partial charge in [-0.05, 0) is 35.4 Å². The van der Waals surface area contributed by atoms with Crippen LogP contribution in [-0.4, -0.2) is 29.1 Å². The molecule has 1 aliphatic heterocycles. The summed E-state index contributed by atoms with van der Waals surface area (Å²) in [6.45, 7) is 0.843. The highest BCUT2D eigenvalue weighted by atomic mass is 16.6. The molecule has 3 rings (SSSR count). The second-order valence-corrected chi connectivity index (χ2v) is 5.44. The number of amides is 1. The third-order valence-corrected chi connectivity index (χ3v) is 4.02. The predicted molar refractivity (Wildman–Crippen MR) is 85.1 cm³/mol. The molecule has 0 radical (unpaired) electrons. The zero-order valence-corrected chi connectivity index (χ0v) is 12.9. The number of ether oxygens (including phenoxy) is 1. The van der Waals surface area contributed by atoms with Gasteiger partial charge in [0.2, 0.25) is 0 Å². The van der Waals surface area contributed by atoms with Crippen molar-refractivity contribution in [3.63, 3.8) is 0 Å². The Hall–Kier alpha value is -3.22. The van der Waals surface area contributed by atoms with Gasteiger partial charge in [-0.1, -0.05) is 6.07 Å². The molecule has 0 unspecified atom stereocenters. The van der Waals surface area contributed by atoms with Gasteiger partial charge < -0.3 is 9.64 Å². The number of carbonyl (C=O) groups is 2. The van der Waals surface area contributed by atoms with Crippen molar-refractivity contribution in [2.24, 2.45) is 0 Å². The van der Waals surface area contributed by atoms with E-state index in [-0.39, 0.29) is 22.7 Å². The SMILES string of the molecule is COc1ccc2c(c1)CN(C(=O)c1ccc(C=O)c([N+](=O)[O-])c1)C2. The fourth-order valence-corrected chi connectivity index (χ4v) is 2.76. The van der Waals surface area contributed by atoms with E-state index in [4.69, 9.17) is 4.74 Å². The zero-order valence-electron chi connectivity index (χ0n) is 12.9. The minimum absolute atomic E-state index is 0.0500. The molecule has 7 nitrogen and oxygen atoms in total. The van der Waals surface area contributed by atoms with E-state index in [1.165, 1.54) is 12.1 Å². The maximum Gasteiger partial charge on any atom is 0.280 e. The van der Waals surface area contributed by atoms with Crippen LogP contribution >= 0.6 is 0 Å². The summed E-state index contributed by atoms with van der Waals surface area (Å²) in [5, 5.41) is 11.0. The maximum absolute atomic E-state index is 12.6. The van der Waals surface area contributed by atoms with E-state index in [0.717, 1.165) is 17.2 Å². The summed E-state index contributed by atoms with van der Waals surface area (Å²) < 4.78 is 5.18. The lowest BCUT2D eigenvalue weighted by molar-refractivity contribution is -0.385. The highest BCUT2D eigenvalue weighted by Crippen LogP contribution is 2.28. The summed E-state index contributed by atoms with van der Waals surface area (Å²) in [5.74, 6) is 0.403. The summed E-state index contributed by atoms with van der Waals surface area (Å²) in [7, 11) is 1.58. The van der Waals surface area contributed by atoms with E-state index in [9.17, 15) is 19.7 Å². The van der Waals surface area contributed by atoms with Crippen LogP contribution in [0, 0.1) is 10.1 Å². The lowest BCUT2D eigenvalue weighted by Gasteiger charge is -2.15. The molecule has 1 heterocycles. The average molecular weight is 326 g/mol.